The zero-order valence-electron chi connectivity index (χ0n) is 9.92. The van der Waals surface area contributed by atoms with Crippen molar-refractivity contribution in [2.75, 3.05) is 12.3 Å². The van der Waals surface area contributed by atoms with Gasteiger partial charge in [-0.3, -0.25) is 4.79 Å². The van der Waals surface area contributed by atoms with Crippen molar-refractivity contribution in [3.63, 3.8) is 0 Å². The minimum atomic E-state index is -0.160. The molecule has 0 spiro atoms. The number of nitrogens with one attached hydrogen (secondary N) is 1. The van der Waals surface area contributed by atoms with E-state index in [0.29, 0.717) is 17.1 Å². The van der Waals surface area contributed by atoms with Gasteiger partial charge >= 0.3 is 0 Å². The molecule has 2 aromatic rings. The van der Waals surface area contributed by atoms with E-state index in [1.54, 1.807) is 0 Å². The molecule has 0 atom stereocenters. The Morgan fingerprint density at radius 3 is 2.94 bits per heavy atom. The van der Waals surface area contributed by atoms with Crippen molar-refractivity contribution in [3.8, 4) is 0 Å². The standard InChI is InChI=1S/C13H13BrN2OS/c1-7-3-4-10-9(5-7)11(15)12(18-10)13(17)16-6-8(2)14/h3-5H,2,6,15H2,1H3,(H,16,17). The molecule has 0 saturated heterocycles. The van der Waals surface area contributed by atoms with Gasteiger partial charge in [0.15, 0.2) is 0 Å². The van der Waals surface area contributed by atoms with E-state index in [1.807, 2.05) is 25.1 Å². The Kier molecular flexibility index (Phi) is 3.73. The SMILES string of the molecule is C=C(Br)CNC(=O)c1sc2ccc(C)cc2c1N. The van der Waals surface area contributed by atoms with Gasteiger partial charge < -0.3 is 11.1 Å². The fourth-order valence-electron chi connectivity index (χ4n) is 1.66. The smallest absolute Gasteiger partial charge is 0.263 e. The third kappa shape index (κ3) is 2.57. The Morgan fingerprint density at radius 1 is 1.56 bits per heavy atom. The number of nitrogens with two attached hydrogens (primary N) is 1. The minimum absolute atomic E-state index is 0.160. The summed E-state index contributed by atoms with van der Waals surface area (Å²) in [5, 5.41) is 3.71. The van der Waals surface area contributed by atoms with Crippen LogP contribution in [0, 0.1) is 6.92 Å². The van der Waals surface area contributed by atoms with Crippen molar-refractivity contribution < 1.29 is 4.79 Å². The molecule has 0 fully saturated rings. The first-order valence-electron chi connectivity index (χ1n) is 5.39. The summed E-state index contributed by atoms with van der Waals surface area (Å²) in [5.41, 5.74) is 7.72. The van der Waals surface area contributed by atoms with Gasteiger partial charge in [0.05, 0.1) is 5.69 Å². The van der Waals surface area contributed by atoms with Crippen molar-refractivity contribution >= 4 is 48.9 Å². The second kappa shape index (κ2) is 5.12. The number of benzene rings is 1. The molecule has 3 N–H and O–H groups in total. The van der Waals surface area contributed by atoms with E-state index in [9.17, 15) is 4.79 Å². The average Bonchev–Trinajstić information content (AvgIpc) is 2.64. The molecule has 94 valence electrons. The van der Waals surface area contributed by atoms with Crippen LogP contribution in [0.15, 0.2) is 29.3 Å². The van der Waals surface area contributed by atoms with Crippen LogP contribution in [0.3, 0.4) is 0 Å². The number of aryl methyl sites for hydroxylation is 1. The number of hydrogen-bond acceptors (Lipinski definition) is 3. The molecule has 0 aliphatic heterocycles. The molecule has 0 aliphatic carbocycles. The van der Waals surface area contributed by atoms with Crippen LogP contribution in [0.5, 0.6) is 0 Å². The van der Waals surface area contributed by atoms with Gasteiger partial charge in [0.1, 0.15) is 4.88 Å². The molecule has 1 aromatic carbocycles. The predicted octanol–water partition coefficient (Wildman–Crippen LogP) is 3.43. The van der Waals surface area contributed by atoms with E-state index in [0.717, 1.165) is 20.1 Å². The van der Waals surface area contributed by atoms with E-state index in [-0.39, 0.29) is 5.91 Å². The third-order valence-corrected chi connectivity index (χ3v) is 3.99. The number of anilines is 1. The first-order valence-corrected chi connectivity index (χ1v) is 7.00. The van der Waals surface area contributed by atoms with Crippen molar-refractivity contribution in [2.24, 2.45) is 0 Å². The number of thiophene rings is 1. The van der Waals surface area contributed by atoms with Gasteiger partial charge in [-0.2, -0.15) is 0 Å². The Hall–Kier alpha value is -1.33. The van der Waals surface area contributed by atoms with Gasteiger partial charge in [-0.05, 0) is 19.1 Å². The van der Waals surface area contributed by atoms with Crippen LogP contribution in [-0.2, 0) is 0 Å². The number of amides is 1. The molecule has 5 heteroatoms. The number of fused-ring (bicyclic) bond motifs is 1. The fraction of sp³-hybridized carbons (Fsp3) is 0.154. The summed E-state index contributed by atoms with van der Waals surface area (Å²) in [4.78, 5) is 12.5. The average molecular weight is 325 g/mol. The normalized spacial score (nSPS) is 10.6. The lowest BCUT2D eigenvalue weighted by atomic mass is 10.1. The van der Waals surface area contributed by atoms with Crippen LogP contribution in [0.4, 0.5) is 5.69 Å². The Bertz CT molecular complexity index is 633. The van der Waals surface area contributed by atoms with Gasteiger partial charge in [0.25, 0.3) is 5.91 Å². The molecule has 0 saturated carbocycles. The first-order chi connectivity index (χ1) is 8.49. The molecule has 2 rings (SSSR count). The number of carbonyl (C=O) groups is 1. The molecule has 0 aliphatic rings. The molecule has 0 unspecified atom stereocenters. The molecule has 1 amide bonds. The second-order valence-electron chi connectivity index (χ2n) is 4.04. The lowest BCUT2D eigenvalue weighted by Crippen LogP contribution is -2.24. The van der Waals surface area contributed by atoms with Crippen LogP contribution in [0.2, 0.25) is 0 Å². The maximum atomic E-state index is 12.0. The molecular formula is C13H13BrN2OS. The number of rotatable bonds is 3. The molecule has 1 aromatic heterocycles. The van der Waals surface area contributed by atoms with Gasteiger partial charge in [-0.25, -0.2) is 0 Å². The highest BCUT2D eigenvalue weighted by Gasteiger charge is 2.15. The van der Waals surface area contributed by atoms with E-state index < -0.39 is 0 Å². The summed E-state index contributed by atoms with van der Waals surface area (Å²) in [6, 6.07) is 6.01. The zero-order valence-corrected chi connectivity index (χ0v) is 12.3. The fourth-order valence-corrected chi connectivity index (χ4v) is 2.82. The quantitative estimate of drug-likeness (QED) is 0.908. The van der Waals surface area contributed by atoms with Crippen molar-refractivity contribution in [2.45, 2.75) is 6.92 Å². The van der Waals surface area contributed by atoms with Gasteiger partial charge in [-0.1, -0.05) is 34.1 Å². The summed E-state index contributed by atoms with van der Waals surface area (Å²) in [7, 11) is 0. The summed E-state index contributed by atoms with van der Waals surface area (Å²) < 4.78 is 1.76. The van der Waals surface area contributed by atoms with Crippen LogP contribution in [0.1, 0.15) is 15.2 Å². The number of hydrogen-bond donors (Lipinski definition) is 2. The number of carbonyl (C=O) groups excluding carboxylic acids is 1. The summed E-state index contributed by atoms with van der Waals surface area (Å²) in [6.07, 6.45) is 0. The van der Waals surface area contributed by atoms with Gasteiger partial charge in [0.2, 0.25) is 0 Å². The molecular weight excluding hydrogens is 312 g/mol. The van der Waals surface area contributed by atoms with E-state index in [2.05, 4.69) is 27.8 Å². The topological polar surface area (TPSA) is 55.1 Å². The highest BCUT2D eigenvalue weighted by atomic mass is 79.9. The lowest BCUT2D eigenvalue weighted by molar-refractivity contribution is 0.0962. The largest absolute Gasteiger partial charge is 0.397 e. The highest BCUT2D eigenvalue weighted by Crippen LogP contribution is 2.34. The van der Waals surface area contributed by atoms with Crippen molar-refractivity contribution in [1.29, 1.82) is 0 Å². The van der Waals surface area contributed by atoms with Gasteiger partial charge in [0, 0.05) is 21.1 Å². The summed E-state index contributed by atoms with van der Waals surface area (Å²) in [5.74, 6) is -0.160. The van der Waals surface area contributed by atoms with Crippen LogP contribution >= 0.6 is 27.3 Å². The van der Waals surface area contributed by atoms with Crippen molar-refractivity contribution in [1.82, 2.24) is 5.32 Å². The first kappa shape index (κ1) is 13.1. The molecule has 0 radical (unpaired) electrons. The minimum Gasteiger partial charge on any atom is -0.397 e. The Morgan fingerprint density at radius 2 is 2.28 bits per heavy atom. The second-order valence-corrected chi connectivity index (χ2v) is 6.22. The third-order valence-electron chi connectivity index (χ3n) is 2.53. The molecule has 1 heterocycles. The molecule has 3 nitrogen and oxygen atoms in total. The Labute approximate surface area is 118 Å². The highest BCUT2D eigenvalue weighted by molar-refractivity contribution is 9.11. The van der Waals surface area contributed by atoms with Gasteiger partial charge in [-0.15, -0.1) is 11.3 Å². The van der Waals surface area contributed by atoms with E-state index in [1.165, 1.54) is 11.3 Å². The monoisotopic (exact) mass is 324 g/mol. The predicted molar refractivity (Wildman–Crippen MR) is 81.4 cm³/mol. The van der Waals surface area contributed by atoms with Crippen LogP contribution < -0.4 is 11.1 Å². The van der Waals surface area contributed by atoms with E-state index in [4.69, 9.17) is 5.73 Å². The Balaban J connectivity index is 2.36. The van der Waals surface area contributed by atoms with E-state index >= 15 is 0 Å². The maximum Gasteiger partial charge on any atom is 0.263 e. The molecule has 18 heavy (non-hydrogen) atoms. The molecule has 0 bridgehead atoms. The van der Waals surface area contributed by atoms with Crippen LogP contribution in [-0.4, -0.2) is 12.5 Å². The summed E-state index contributed by atoms with van der Waals surface area (Å²) in [6.45, 7) is 6.07. The summed E-state index contributed by atoms with van der Waals surface area (Å²) >= 11 is 4.61. The lowest BCUT2D eigenvalue weighted by Gasteiger charge is -2.02. The van der Waals surface area contributed by atoms with Crippen molar-refractivity contribution in [3.05, 3.63) is 39.7 Å². The number of halogens is 1. The van der Waals surface area contributed by atoms with Crippen LogP contribution in [0.25, 0.3) is 10.1 Å². The maximum absolute atomic E-state index is 12.0. The zero-order chi connectivity index (χ0) is 13.3. The number of nitrogen functional groups attached to an aromatic ring is 1.